The molecule has 1 aromatic carbocycles. The fraction of sp³-hybridized carbons (Fsp3) is 0.158. The van der Waals surface area contributed by atoms with Gasteiger partial charge in [0.25, 0.3) is 0 Å². The van der Waals surface area contributed by atoms with Gasteiger partial charge in [0.05, 0.1) is 5.69 Å². The van der Waals surface area contributed by atoms with Crippen molar-refractivity contribution in [2.45, 2.75) is 19.4 Å². The van der Waals surface area contributed by atoms with Crippen molar-refractivity contribution in [3.8, 4) is 18.2 Å². The summed E-state index contributed by atoms with van der Waals surface area (Å²) in [7, 11) is 0. The Hall–Kier alpha value is -3.69. The van der Waals surface area contributed by atoms with Crippen LogP contribution in [0.3, 0.4) is 0 Å². The average Bonchev–Trinajstić information content (AvgIpc) is 2.84. The number of aliphatic imine (C=N–C) groups is 1. The lowest BCUT2D eigenvalue weighted by Crippen LogP contribution is -2.20. The van der Waals surface area contributed by atoms with E-state index < -0.39 is 11.4 Å². The Kier molecular flexibility index (Phi) is 4.82. The SMILES string of the molecule is C=Nc1ccc(/C=C/C2=C(C#N)C(=C(C#N)C#N)OC2(C)C)cc1F. The molecule has 1 aromatic rings. The highest BCUT2D eigenvalue weighted by Gasteiger charge is 2.38. The third-order valence-electron chi connectivity index (χ3n) is 3.65. The first-order chi connectivity index (χ1) is 11.9. The van der Waals surface area contributed by atoms with Crippen LogP contribution in [0.25, 0.3) is 6.08 Å². The van der Waals surface area contributed by atoms with E-state index in [2.05, 4.69) is 11.7 Å². The molecule has 0 aromatic heterocycles. The molecule has 0 saturated carbocycles. The standard InChI is InChI=1S/C19H13FN4O/c1-19(2)15(14(11-23)18(25-19)13(9-21)10-22)6-4-12-5-7-17(24-3)16(20)8-12/h4-8H,3H2,1-2H3/b6-4+. The Morgan fingerprint density at radius 1 is 1.24 bits per heavy atom. The summed E-state index contributed by atoms with van der Waals surface area (Å²) in [6, 6.07) is 9.88. The number of hydrogen-bond donors (Lipinski definition) is 0. The number of nitrogens with zero attached hydrogens (tertiary/aromatic N) is 4. The molecule has 0 spiro atoms. The molecule has 1 aliphatic heterocycles. The van der Waals surface area contributed by atoms with Gasteiger partial charge in [-0.3, -0.25) is 4.99 Å². The lowest BCUT2D eigenvalue weighted by molar-refractivity contribution is 0.0954. The molecule has 0 unspecified atom stereocenters. The van der Waals surface area contributed by atoms with Crippen LogP contribution in [0.2, 0.25) is 0 Å². The number of allylic oxidation sites excluding steroid dienone is 2. The summed E-state index contributed by atoms with van der Waals surface area (Å²) in [5, 5.41) is 27.5. The average molecular weight is 332 g/mol. The number of nitriles is 3. The van der Waals surface area contributed by atoms with Crippen LogP contribution in [0, 0.1) is 39.8 Å². The van der Waals surface area contributed by atoms with Gasteiger partial charge in [0.2, 0.25) is 0 Å². The molecule has 5 nitrogen and oxygen atoms in total. The Labute approximate surface area is 144 Å². The van der Waals surface area contributed by atoms with Crippen LogP contribution in [-0.2, 0) is 4.74 Å². The zero-order valence-electron chi connectivity index (χ0n) is 13.7. The van der Waals surface area contributed by atoms with Gasteiger partial charge in [0.15, 0.2) is 11.3 Å². The predicted molar refractivity (Wildman–Crippen MR) is 90.7 cm³/mol. The maximum Gasteiger partial charge on any atom is 0.172 e. The molecule has 122 valence electrons. The largest absolute Gasteiger partial charge is 0.480 e. The second-order valence-corrected chi connectivity index (χ2v) is 5.64. The molecule has 0 N–H and O–H groups in total. The van der Waals surface area contributed by atoms with Crippen molar-refractivity contribution in [1.29, 1.82) is 15.8 Å². The monoisotopic (exact) mass is 332 g/mol. The summed E-state index contributed by atoms with van der Waals surface area (Å²) in [5.74, 6) is -0.542. The minimum Gasteiger partial charge on any atom is -0.480 e. The van der Waals surface area contributed by atoms with Crippen molar-refractivity contribution in [3.63, 3.8) is 0 Å². The maximum atomic E-state index is 13.8. The third-order valence-corrected chi connectivity index (χ3v) is 3.65. The number of hydrogen-bond acceptors (Lipinski definition) is 5. The van der Waals surface area contributed by atoms with Gasteiger partial charge in [-0.2, -0.15) is 15.8 Å². The third kappa shape index (κ3) is 3.32. The number of ether oxygens (including phenoxy) is 1. The lowest BCUT2D eigenvalue weighted by atomic mass is 9.94. The van der Waals surface area contributed by atoms with E-state index in [-0.39, 0.29) is 22.6 Å². The summed E-state index contributed by atoms with van der Waals surface area (Å²) in [6.45, 7) is 6.72. The summed E-state index contributed by atoms with van der Waals surface area (Å²) in [4.78, 5) is 3.56. The van der Waals surface area contributed by atoms with Crippen LogP contribution in [0.5, 0.6) is 0 Å². The molecule has 2 rings (SSSR count). The van der Waals surface area contributed by atoms with E-state index in [1.54, 1.807) is 44.2 Å². The van der Waals surface area contributed by atoms with E-state index >= 15 is 0 Å². The zero-order chi connectivity index (χ0) is 18.6. The van der Waals surface area contributed by atoms with E-state index in [9.17, 15) is 9.65 Å². The quantitative estimate of drug-likeness (QED) is 0.615. The molecule has 0 atom stereocenters. The predicted octanol–water partition coefficient (Wildman–Crippen LogP) is 4.10. The van der Waals surface area contributed by atoms with Crippen molar-refractivity contribution in [2.24, 2.45) is 4.99 Å². The maximum absolute atomic E-state index is 13.8. The van der Waals surface area contributed by atoms with Crippen LogP contribution in [0.4, 0.5) is 10.1 Å². The molecule has 0 fully saturated rings. The first-order valence-corrected chi connectivity index (χ1v) is 7.21. The van der Waals surface area contributed by atoms with Gasteiger partial charge in [-0.1, -0.05) is 18.2 Å². The number of halogens is 1. The highest BCUT2D eigenvalue weighted by Crippen LogP contribution is 2.40. The smallest absolute Gasteiger partial charge is 0.172 e. The minimum atomic E-state index is -0.906. The number of rotatable bonds is 3. The van der Waals surface area contributed by atoms with E-state index in [1.165, 1.54) is 12.1 Å². The molecule has 0 aliphatic carbocycles. The van der Waals surface area contributed by atoms with Gasteiger partial charge >= 0.3 is 0 Å². The van der Waals surface area contributed by atoms with E-state index in [0.29, 0.717) is 11.1 Å². The van der Waals surface area contributed by atoms with Crippen molar-refractivity contribution in [3.05, 3.63) is 58.1 Å². The number of benzene rings is 1. The molecule has 1 aliphatic rings. The van der Waals surface area contributed by atoms with Gasteiger partial charge < -0.3 is 4.74 Å². The van der Waals surface area contributed by atoms with Crippen molar-refractivity contribution >= 4 is 18.5 Å². The van der Waals surface area contributed by atoms with E-state index in [0.717, 1.165) is 0 Å². The molecule has 0 amide bonds. The summed E-state index contributed by atoms with van der Waals surface area (Å²) in [6.07, 6.45) is 3.24. The molecule has 6 heteroatoms. The Bertz CT molecular complexity index is 947. The van der Waals surface area contributed by atoms with Crippen LogP contribution in [-0.4, -0.2) is 12.3 Å². The summed E-state index contributed by atoms with van der Waals surface area (Å²) >= 11 is 0. The molecule has 0 saturated heterocycles. The molecule has 0 radical (unpaired) electrons. The summed E-state index contributed by atoms with van der Waals surface area (Å²) in [5.41, 5.74) is 0.154. The Morgan fingerprint density at radius 2 is 1.92 bits per heavy atom. The topological polar surface area (TPSA) is 93.0 Å². The zero-order valence-corrected chi connectivity index (χ0v) is 13.7. The fourth-order valence-electron chi connectivity index (χ4n) is 2.42. The second kappa shape index (κ2) is 6.83. The van der Waals surface area contributed by atoms with Crippen molar-refractivity contribution in [1.82, 2.24) is 0 Å². The van der Waals surface area contributed by atoms with Crippen molar-refractivity contribution < 1.29 is 9.13 Å². The summed E-state index contributed by atoms with van der Waals surface area (Å²) < 4.78 is 19.4. The van der Waals surface area contributed by atoms with Gasteiger partial charge in [-0.15, -0.1) is 0 Å². The van der Waals surface area contributed by atoms with Gasteiger partial charge in [-0.05, 0) is 38.3 Å². The van der Waals surface area contributed by atoms with Crippen LogP contribution in [0.1, 0.15) is 19.4 Å². The minimum absolute atomic E-state index is 0.0328. The van der Waals surface area contributed by atoms with E-state index in [1.807, 2.05) is 6.07 Å². The van der Waals surface area contributed by atoms with Gasteiger partial charge in [-0.25, -0.2) is 4.39 Å². The second-order valence-electron chi connectivity index (χ2n) is 5.64. The first kappa shape index (κ1) is 17.7. The van der Waals surface area contributed by atoms with Gasteiger partial charge in [0.1, 0.15) is 35.2 Å². The van der Waals surface area contributed by atoms with Crippen LogP contribution in [0.15, 0.2) is 51.7 Å². The van der Waals surface area contributed by atoms with Crippen LogP contribution >= 0.6 is 0 Å². The highest BCUT2D eigenvalue weighted by atomic mass is 19.1. The molecular formula is C19H13FN4O. The highest BCUT2D eigenvalue weighted by molar-refractivity contribution is 5.65. The molecule has 0 bridgehead atoms. The molecule has 25 heavy (non-hydrogen) atoms. The lowest BCUT2D eigenvalue weighted by Gasteiger charge is -2.20. The van der Waals surface area contributed by atoms with Crippen LogP contribution < -0.4 is 0 Å². The Balaban J connectivity index is 2.54. The van der Waals surface area contributed by atoms with E-state index in [4.69, 9.17) is 15.3 Å². The fourth-order valence-corrected chi connectivity index (χ4v) is 2.42. The molecule has 1 heterocycles. The molecular weight excluding hydrogens is 319 g/mol. The van der Waals surface area contributed by atoms with Crippen molar-refractivity contribution in [2.75, 3.05) is 0 Å². The van der Waals surface area contributed by atoms with Gasteiger partial charge in [0, 0.05) is 5.57 Å². The first-order valence-electron chi connectivity index (χ1n) is 7.21. The normalized spacial score (nSPS) is 15.3. The Morgan fingerprint density at radius 3 is 2.44 bits per heavy atom.